The molecule has 7 heteroatoms. The van der Waals surface area contributed by atoms with Crippen molar-refractivity contribution in [1.82, 2.24) is 15.1 Å². The Morgan fingerprint density at radius 2 is 1.90 bits per heavy atom. The van der Waals surface area contributed by atoms with Crippen molar-refractivity contribution in [3.05, 3.63) is 27.7 Å². The van der Waals surface area contributed by atoms with Gasteiger partial charge < -0.3 is 20.0 Å². The van der Waals surface area contributed by atoms with Gasteiger partial charge >= 0.3 is 6.03 Å². The molecule has 0 saturated carbocycles. The van der Waals surface area contributed by atoms with Gasteiger partial charge in [-0.15, -0.1) is 0 Å². The third kappa shape index (κ3) is 3.46. The third-order valence-electron chi connectivity index (χ3n) is 7.05. The molecule has 1 saturated heterocycles. The highest BCUT2D eigenvalue weighted by Gasteiger charge is 2.47. The molecule has 1 aliphatic carbocycles. The summed E-state index contributed by atoms with van der Waals surface area (Å²) in [6.45, 7) is 8.77. The number of benzene rings is 1. The zero-order valence-corrected chi connectivity index (χ0v) is 19.3. The first-order valence-corrected chi connectivity index (χ1v) is 11.5. The number of amides is 3. The maximum atomic E-state index is 12.6. The van der Waals surface area contributed by atoms with Gasteiger partial charge in [0, 0.05) is 67.2 Å². The van der Waals surface area contributed by atoms with Crippen LogP contribution in [0.1, 0.15) is 56.6 Å². The van der Waals surface area contributed by atoms with Gasteiger partial charge in [0.15, 0.2) is 0 Å². The summed E-state index contributed by atoms with van der Waals surface area (Å²) in [5.74, 6) is 0.861. The van der Waals surface area contributed by atoms with Gasteiger partial charge in [-0.25, -0.2) is 4.79 Å². The van der Waals surface area contributed by atoms with Crippen LogP contribution in [-0.4, -0.2) is 67.0 Å². The smallest absolute Gasteiger partial charge is 0.317 e. The van der Waals surface area contributed by atoms with Gasteiger partial charge in [0.25, 0.3) is 0 Å². The van der Waals surface area contributed by atoms with E-state index < -0.39 is 0 Å². The predicted molar refractivity (Wildman–Crippen MR) is 119 cm³/mol. The van der Waals surface area contributed by atoms with Crippen molar-refractivity contribution in [2.75, 3.05) is 38.1 Å². The molecule has 1 N–H and O–H groups in total. The largest absolute Gasteiger partial charge is 0.334 e. The van der Waals surface area contributed by atoms with E-state index >= 15 is 0 Å². The van der Waals surface area contributed by atoms with Crippen molar-refractivity contribution in [3.63, 3.8) is 0 Å². The molecule has 0 spiro atoms. The number of anilines is 1. The third-order valence-corrected chi connectivity index (χ3v) is 7.74. The zero-order chi connectivity index (χ0) is 20.9. The number of hydrogen-bond donors (Lipinski definition) is 1. The Labute approximate surface area is 181 Å². The van der Waals surface area contributed by atoms with Crippen molar-refractivity contribution < 1.29 is 9.59 Å². The van der Waals surface area contributed by atoms with Gasteiger partial charge in [-0.2, -0.15) is 0 Å². The minimum absolute atomic E-state index is 0.0284. The molecule has 2 aliphatic heterocycles. The fourth-order valence-electron chi connectivity index (χ4n) is 5.70. The topological polar surface area (TPSA) is 55.9 Å². The number of likely N-dealkylation sites (tertiary alicyclic amines) is 1. The van der Waals surface area contributed by atoms with E-state index in [0.717, 1.165) is 49.2 Å². The van der Waals surface area contributed by atoms with E-state index in [1.165, 1.54) is 11.1 Å². The molecule has 4 rings (SSSR count). The molecule has 3 amide bonds. The number of piperidine rings is 1. The normalized spacial score (nSPS) is 28.0. The predicted octanol–water partition coefficient (Wildman–Crippen LogP) is 3.51. The molecule has 158 valence electrons. The highest BCUT2D eigenvalue weighted by molar-refractivity contribution is 9.10. The second-order valence-electron chi connectivity index (χ2n) is 8.62. The van der Waals surface area contributed by atoms with Gasteiger partial charge in [0.05, 0.1) is 0 Å². The van der Waals surface area contributed by atoms with Gasteiger partial charge in [0.2, 0.25) is 5.91 Å². The number of urea groups is 1. The lowest BCUT2D eigenvalue weighted by Crippen LogP contribution is -2.56. The first-order valence-electron chi connectivity index (χ1n) is 10.7. The van der Waals surface area contributed by atoms with E-state index in [-0.39, 0.29) is 18.0 Å². The van der Waals surface area contributed by atoms with E-state index in [9.17, 15) is 9.59 Å². The Morgan fingerprint density at radius 1 is 1.17 bits per heavy atom. The molecule has 4 atom stereocenters. The summed E-state index contributed by atoms with van der Waals surface area (Å²) in [5.41, 5.74) is 3.78. The Bertz CT molecular complexity index is 825. The first-order chi connectivity index (χ1) is 13.8. The molecule has 3 aliphatic rings. The number of nitrogens with one attached hydrogen (secondary N) is 1. The fourth-order valence-corrected chi connectivity index (χ4v) is 6.34. The summed E-state index contributed by atoms with van der Waals surface area (Å²) >= 11 is 3.81. The SMILES string of the molecule is CCN(CC)C(=O)N[C@H]1C[C@@H]2c3c(Br)ccc4c3C(C[C@H]2N(C)C1)CN4C(C)=O. The lowest BCUT2D eigenvalue weighted by atomic mass is 9.70. The van der Waals surface area contributed by atoms with Crippen LogP contribution in [0.4, 0.5) is 10.5 Å². The number of nitrogens with zero attached hydrogens (tertiary/aromatic N) is 3. The average Bonchev–Trinajstić information content (AvgIpc) is 3.05. The first kappa shape index (κ1) is 20.7. The summed E-state index contributed by atoms with van der Waals surface area (Å²) in [5, 5.41) is 3.27. The minimum atomic E-state index is 0.0284. The molecule has 2 heterocycles. The van der Waals surface area contributed by atoms with Gasteiger partial charge in [-0.1, -0.05) is 15.9 Å². The molecule has 1 aromatic carbocycles. The summed E-state index contributed by atoms with van der Waals surface area (Å²) in [7, 11) is 2.17. The highest BCUT2D eigenvalue weighted by Crippen LogP contribution is 2.53. The maximum absolute atomic E-state index is 12.6. The Hall–Kier alpha value is -1.60. The van der Waals surface area contributed by atoms with Crippen LogP contribution in [0.2, 0.25) is 0 Å². The molecular formula is C22H31BrN4O2. The van der Waals surface area contributed by atoms with Crippen molar-refractivity contribution >= 4 is 33.6 Å². The van der Waals surface area contributed by atoms with E-state index in [2.05, 4.69) is 45.3 Å². The van der Waals surface area contributed by atoms with Crippen molar-refractivity contribution in [3.8, 4) is 0 Å². The highest BCUT2D eigenvalue weighted by atomic mass is 79.9. The quantitative estimate of drug-likeness (QED) is 0.747. The second-order valence-corrected chi connectivity index (χ2v) is 9.48. The molecule has 0 aromatic heterocycles. The molecule has 0 bridgehead atoms. The number of carbonyl (C=O) groups excluding carboxylic acids is 2. The van der Waals surface area contributed by atoms with Gasteiger partial charge in [-0.05, 0) is 57.0 Å². The number of rotatable bonds is 3. The number of hydrogen-bond acceptors (Lipinski definition) is 3. The summed E-state index contributed by atoms with van der Waals surface area (Å²) in [6.07, 6.45) is 2.00. The van der Waals surface area contributed by atoms with Gasteiger partial charge in [0.1, 0.15) is 0 Å². The number of likely N-dealkylation sites (N-methyl/N-ethyl adjacent to an activating group) is 1. The molecule has 0 radical (unpaired) electrons. The molecule has 1 unspecified atom stereocenters. The van der Waals surface area contributed by atoms with Crippen LogP contribution in [-0.2, 0) is 4.79 Å². The van der Waals surface area contributed by atoms with E-state index in [1.807, 2.05) is 23.6 Å². The van der Waals surface area contributed by atoms with Crippen LogP contribution < -0.4 is 10.2 Å². The van der Waals surface area contributed by atoms with E-state index in [1.54, 1.807) is 6.92 Å². The van der Waals surface area contributed by atoms with Crippen LogP contribution in [0, 0.1) is 0 Å². The second kappa shape index (κ2) is 7.91. The number of carbonyl (C=O) groups is 2. The van der Waals surface area contributed by atoms with Crippen molar-refractivity contribution in [2.24, 2.45) is 0 Å². The van der Waals surface area contributed by atoms with Crippen LogP contribution in [0.5, 0.6) is 0 Å². The number of halogens is 1. The van der Waals surface area contributed by atoms with Crippen LogP contribution in [0.3, 0.4) is 0 Å². The van der Waals surface area contributed by atoms with Gasteiger partial charge in [-0.3, -0.25) is 4.79 Å². The summed E-state index contributed by atoms with van der Waals surface area (Å²) in [4.78, 5) is 31.0. The monoisotopic (exact) mass is 462 g/mol. The van der Waals surface area contributed by atoms with Crippen LogP contribution >= 0.6 is 15.9 Å². The van der Waals surface area contributed by atoms with Crippen molar-refractivity contribution in [1.29, 1.82) is 0 Å². The summed E-state index contributed by atoms with van der Waals surface area (Å²) < 4.78 is 1.13. The van der Waals surface area contributed by atoms with Crippen molar-refractivity contribution in [2.45, 2.75) is 57.5 Å². The van der Waals surface area contributed by atoms with E-state index in [4.69, 9.17) is 0 Å². The molecule has 1 aromatic rings. The lowest BCUT2D eigenvalue weighted by Gasteiger charge is -2.48. The zero-order valence-electron chi connectivity index (χ0n) is 17.7. The fraction of sp³-hybridized carbons (Fsp3) is 0.636. The molecule has 6 nitrogen and oxygen atoms in total. The minimum Gasteiger partial charge on any atom is -0.334 e. The lowest BCUT2D eigenvalue weighted by molar-refractivity contribution is -0.116. The Balaban J connectivity index is 1.65. The van der Waals surface area contributed by atoms with Crippen LogP contribution in [0.25, 0.3) is 0 Å². The Kier molecular flexibility index (Phi) is 5.64. The number of fused-ring (bicyclic) bond motifs is 2. The molecular weight excluding hydrogens is 432 g/mol. The molecule has 1 fully saturated rings. The van der Waals surface area contributed by atoms with E-state index in [0.29, 0.717) is 17.9 Å². The maximum Gasteiger partial charge on any atom is 0.317 e. The summed E-state index contributed by atoms with van der Waals surface area (Å²) in [6, 6.07) is 4.76. The average molecular weight is 463 g/mol. The Morgan fingerprint density at radius 3 is 2.55 bits per heavy atom. The van der Waals surface area contributed by atoms with Crippen LogP contribution in [0.15, 0.2) is 16.6 Å². The standard InChI is InChI=1S/C22H31BrN4O2/c1-5-26(6-2)22(29)24-15-10-16-19(25(4)12-15)9-14-11-27(13(3)28)18-8-7-17(23)21(16)20(14)18/h7-8,14-16,19H,5-6,9-12H2,1-4H3,(H,24,29)/t14?,15-,16-,19+/m0/s1. The molecule has 29 heavy (non-hydrogen) atoms.